The third-order valence-electron chi connectivity index (χ3n) is 4.55. The van der Waals surface area contributed by atoms with Crippen molar-refractivity contribution in [3.8, 4) is 0 Å². The topological polar surface area (TPSA) is 84.2 Å². The summed E-state index contributed by atoms with van der Waals surface area (Å²) in [6.45, 7) is 3.03. The summed E-state index contributed by atoms with van der Waals surface area (Å²) in [4.78, 5) is 23.5. The van der Waals surface area contributed by atoms with E-state index in [0.29, 0.717) is 19.0 Å². The van der Waals surface area contributed by atoms with Gasteiger partial charge in [-0.25, -0.2) is 0 Å². The molecule has 114 valence electrons. The van der Waals surface area contributed by atoms with Crippen LogP contribution in [0.4, 0.5) is 0 Å². The van der Waals surface area contributed by atoms with Crippen molar-refractivity contribution in [3.63, 3.8) is 0 Å². The third-order valence-corrected chi connectivity index (χ3v) is 4.55. The molecule has 3 atom stereocenters. The average molecular weight is 281 g/mol. The summed E-state index contributed by atoms with van der Waals surface area (Å²) in [5.74, 6) is 0.865. The summed E-state index contributed by atoms with van der Waals surface area (Å²) in [6.07, 6.45) is 6.28. The normalized spacial score (nSPS) is 27.7. The minimum atomic E-state index is 0.0143. The Kier molecular flexibility index (Phi) is 5.40. The zero-order chi connectivity index (χ0) is 14.5. The summed E-state index contributed by atoms with van der Waals surface area (Å²) >= 11 is 0. The van der Waals surface area contributed by atoms with Crippen molar-refractivity contribution in [2.24, 2.45) is 23.5 Å². The van der Waals surface area contributed by atoms with Gasteiger partial charge in [-0.2, -0.15) is 0 Å². The van der Waals surface area contributed by atoms with Gasteiger partial charge in [-0.1, -0.05) is 13.3 Å². The standard InChI is InChI=1S/C15H27N3O2/c1-10(12-3-2-4-13(16)9-12)14(19)17-7-8-18-15(20)11-5-6-11/h10-13H,2-9,16H2,1H3,(H,17,19)(H,18,20). The molecule has 4 N–H and O–H groups in total. The van der Waals surface area contributed by atoms with Gasteiger partial charge in [0.1, 0.15) is 0 Å². The summed E-state index contributed by atoms with van der Waals surface area (Å²) in [5, 5.41) is 5.77. The first-order valence-corrected chi connectivity index (χ1v) is 7.89. The van der Waals surface area contributed by atoms with Crippen LogP contribution in [0.1, 0.15) is 45.4 Å². The molecule has 0 aromatic heterocycles. The quantitative estimate of drug-likeness (QED) is 0.629. The number of carbonyl (C=O) groups excluding carboxylic acids is 2. The van der Waals surface area contributed by atoms with Crippen molar-refractivity contribution in [2.45, 2.75) is 51.5 Å². The van der Waals surface area contributed by atoms with Gasteiger partial charge in [0, 0.05) is 31.0 Å². The molecule has 0 saturated heterocycles. The van der Waals surface area contributed by atoms with E-state index in [2.05, 4.69) is 10.6 Å². The molecular formula is C15H27N3O2. The molecule has 0 radical (unpaired) electrons. The van der Waals surface area contributed by atoms with Crippen LogP contribution in [0.25, 0.3) is 0 Å². The van der Waals surface area contributed by atoms with Gasteiger partial charge in [-0.05, 0) is 38.0 Å². The predicted octanol–water partition coefficient (Wildman–Crippen LogP) is 0.782. The smallest absolute Gasteiger partial charge is 0.223 e. The van der Waals surface area contributed by atoms with Gasteiger partial charge in [0.15, 0.2) is 0 Å². The van der Waals surface area contributed by atoms with Gasteiger partial charge < -0.3 is 16.4 Å². The molecule has 20 heavy (non-hydrogen) atoms. The first-order chi connectivity index (χ1) is 9.58. The van der Waals surface area contributed by atoms with E-state index in [0.717, 1.165) is 38.5 Å². The summed E-state index contributed by atoms with van der Waals surface area (Å²) in [5.41, 5.74) is 5.97. The number of hydrogen-bond acceptors (Lipinski definition) is 3. The van der Waals surface area contributed by atoms with E-state index in [4.69, 9.17) is 5.73 Å². The van der Waals surface area contributed by atoms with E-state index in [1.165, 1.54) is 0 Å². The molecule has 0 spiro atoms. The number of rotatable bonds is 6. The van der Waals surface area contributed by atoms with Crippen molar-refractivity contribution in [3.05, 3.63) is 0 Å². The number of hydrogen-bond donors (Lipinski definition) is 3. The maximum absolute atomic E-state index is 12.1. The van der Waals surface area contributed by atoms with Crippen LogP contribution in [0.5, 0.6) is 0 Å². The van der Waals surface area contributed by atoms with Gasteiger partial charge in [0.25, 0.3) is 0 Å². The molecule has 0 heterocycles. The molecule has 2 rings (SSSR count). The van der Waals surface area contributed by atoms with Crippen LogP contribution < -0.4 is 16.4 Å². The molecule has 0 aliphatic heterocycles. The molecule has 2 saturated carbocycles. The zero-order valence-corrected chi connectivity index (χ0v) is 12.4. The van der Waals surface area contributed by atoms with Crippen LogP contribution >= 0.6 is 0 Å². The van der Waals surface area contributed by atoms with Crippen molar-refractivity contribution in [1.29, 1.82) is 0 Å². The van der Waals surface area contributed by atoms with Crippen molar-refractivity contribution in [2.75, 3.05) is 13.1 Å². The Bertz CT molecular complexity index is 355. The molecule has 2 amide bonds. The van der Waals surface area contributed by atoms with Gasteiger partial charge in [0.2, 0.25) is 11.8 Å². The van der Waals surface area contributed by atoms with E-state index in [9.17, 15) is 9.59 Å². The van der Waals surface area contributed by atoms with Crippen LogP contribution in [0.3, 0.4) is 0 Å². The summed E-state index contributed by atoms with van der Waals surface area (Å²) < 4.78 is 0. The van der Waals surface area contributed by atoms with Gasteiger partial charge >= 0.3 is 0 Å². The molecule has 5 nitrogen and oxygen atoms in total. The molecule has 3 unspecified atom stereocenters. The predicted molar refractivity (Wildman–Crippen MR) is 77.8 cm³/mol. The van der Waals surface area contributed by atoms with Crippen LogP contribution in [-0.2, 0) is 9.59 Å². The van der Waals surface area contributed by atoms with Crippen LogP contribution in [0, 0.1) is 17.8 Å². The Hall–Kier alpha value is -1.10. The second-order valence-corrected chi connectivity index (χ2v) is 6.33. The molecule has 2 fully saturated rings. The van der Waals surface area contributed by atoms with Crippen molar-refractivity contribution >= 4 is 11.8 Å². The Morgan fingerprint density at radius 2 is 1.85 bits per heavy atom. The molecule has 0 aromatic carbocycles. The highest BCUT2D eigenvalue weighted by Crippen LogP contribution is 2.29. The zero-order valence-electron chi connectivity index (χ0n) is 12.4. The number of nitrogens with two attached hydrogens (primary N) is 1. The molecule has 2 aliphatic carbocycles. The lowest BCUT2D eigenvalue weighted by atomic mass is 9.78. The lowest BCUT2D eigenvalue weighted by Crippen LogP contribution is -2.41. The average Bonchev–Trinajstić information content (AvgIpc) is 3.26. The first kappa shape index (κ1) is 15.3. The van der Waals surface area contributed by atoms with E-state index in [-0.39, 0.29) is 29.7 Å². The van der Waals surface area contributed by atoms with E-state index >= 15 is 0 Å². The third kappa shape index (κ3) is 4.47. The highest BCUT2D eigenvalue weighted by Gasteiger charge is 2.30. The fourth-order valence-electron chi connectivity index (χ4n) is 2.96. The summed E-state index contributed by atoms with van der Waals surface area (Å²) in [7, 11) is 0. The van der Waals surface area contributed by atoms with E-state index in [1.807, 2.05) is 6.92 Å². The van der Waals surface area contributed by atoms with Gasteiger partial charge in [-0.15, -0.1) is 0 Å². The minimum absolute atomic E-state index is 0.0143. The Morgan fingerprint density at radius 1 is 1.15 bits per heavy atom. The van der Waals surface area contributed by atoms with Crippen molar-refractivity contribution in [1.82, 2.24) is 10.6 Å². The van der Waals surface area contributed by atoms with Crippen LogP contribution in [-0.4, -0.2) is 30.9 Å². The molecule has 0 aromatic rings. The van der Waals surface area contributed by atoms with Crippen LogP contribution in [0.2, 0.25) is 0 Å². The lowest BCUT2D eigenvalue weighted by Gasteiger charge is -2.30. The maximum atomic E-state index is 12.1. The number of nitrogens with one attached hydrogen (secondary N) is 2. The monoisotopic (exact) mass is 281 g/mol. The number of amides is 2. The van der Waals surface area contributed by atoms with Crippen LogP contribution in [0.15, 0.2) is 0 Å². The largest absolute Gasteiger partial charge is 0.354 e. The Morgan fingerprint density at radius 3 is 2.50 bits per heavy atom. The molecule has 5 heteroatoms. The Labute approximate surface area is 121 Å². The maximum Gasteiger partial charge on any atom is 0.223 e. The molecular weight excluding hydrogens is 254 g/mol. The highest BCUT2D eigenvalue weighted by molar-refractivity contribution is 5.81. The lowest BCUT2D eigenvalue weighted by molar-refractivity contribution is -0.127. The second kappa shape index (κ2) is 7.07. The van der Waals surface area contributed by atoms with Gasteiger partial charge in [0.05, 0.1) is 0 Å². The van der Waals surface area contributed by atoms with Crippen molar-refractivity contribution < 1.29 is 9.59 Å². The summed E-state index contributed by atoms with van der Waals surface area (Å²) in [6, 6.07) is 0.252. The fourth-order valence-corrected chi connectivity index (χ4v) is 2.96. The molecule has 0 bridgehead atoms. The number of carbonyl (C=O) groups is 2. The Balaban J connectivity index is 1.61. The fraction of sp³-hybridized carbons (Fsp3) is 0.867. The highest BCUT2D eigenvalue weighted by atomic mass is 16.2. The SMILES string of the molecule is CC(C(=O)NCCNC(=O)C1CC1)C1CCCC(N)C1. The van der Waals surface area contributed by atoms with E-state index < -0.39 is 0 Å². The first-order valence-electron chi connectivity index (χ1n) is 7.89. The molecule has 2 aliphatic rings. The van der Waals surface area contributed by atoms with Gasteiger partial charge in [-0.3, -0.25) is 9.59 Å². The van der Waals surface area contributed by atoms with E-state index in [1.54, 1.807) is 0 Å². The minimum Gasteiger partial charge on any atom is -0.354 e. The second-order valence-electron chi connectivity index (χ2n) is 6.33.